The largest absolute Gasteiger partial charge is 0.343 e. The van der Waals surface area contributed by atoms with Crippen molar-refractivity contribution in [3.63, 3.8) is 0 Å². The molecule has 1 aromatic heterocycles. The second kappa shape index (κ2) is 9.00. The van der Waals surface area contributed by atoms with Gasteiger partial charge in [0, 0.05) is 63.1 Å². The van der Waals surface area contributed by atoms with Gasteiger partial charge in [-0.05, 0) is 51.5 Å². The molecule has 0 aliphatic carbocycles. The minimum Gasteiger partial charge on any atom is -0.343 e. The fourth-order valence-corrected chi connectivity index (χ4v) is 4.76. The third-order valence-electron chi connectivity index (χ3n) is 6.37. The van der Waals surface area contributed by atoms with Gasteiger partial charge < -0.3 is 9.80 Å². The summed E-state index contributed by atoms with van der Waals surface area (Å²) in [5.41, 5.74) is 1.21. The number of nitrogens with zero attached hydrogens (tertiary/aromatic N) is 5. The third kappa shape index (κ3) is 4.78. The van der Waals surface area contributed by atoms with Crippen LogP contribution in [0.2, 0.25) is 0 Å². The van der Waals surface area contributed by atoms with Crippen LogP contribution in [0.5, 0.6) is 0 Å². The maximum atomic E-state index is 11.9. The lowest BCUT2D eigenvalue weighted by Crippen LogP contribution is -2.41. The van der Waals surface area contributed by atoms with Crippen molar-refractivity contribution in [2.75, 3.05) is 37.6 Å². The van der Waals surface area contributed by atoms with Gasteiger partial charge in [-0.15, -0.1) is 0 Å². The average molecular weight is 372 g/mol. The van der Waals surface area contributed by atoms with Crippen LogP contribution in [0.25, 0.3) is 0 Å². The third-order valence-corrected chi connectivity index (χ3v) is 6.37. The molecule has 3 aliphatic rings. The highest BCUT2D eigenvalue weighted by molar-refractivity contribution is 5.78. The van der Waals surface area contributed by atoms with Crippen LogP contribution in [0.4, 0.5) is 5.95 Å². The van der Waals surface area contributed by atoms with E-state index in [1.807, 2.05) is 12.4 Å². The first-order valence-corrected chi connectivity index (χ1v) is 10.9. The van der Waals surface area contributed by atoms with E-state index in [1.165, 1.54) is 44.1 Å². The minimum atomic E-state index is 0.346. The SMILES string of the molecule is O=C1CCCN1CC[C@H]1CCCCN1Cc1cnc(N2CCCCC2)nc1. The number of aromatic nitrogens is 2. The summed E-state index contributed by atoms with van der Waals surface area (Å²) in [5.74, 6) is 1.24. The molecule has 3 saturated heterocycles. The topological polar surface area (TPSA) is 52.6 Å². The van der Waals surface area contributed by atoms with E-state index >= 15 is 0 Å². The normalized spacial score (nSPS) is 24.6. The maximum Gasteiger partial charge on any atom is 0.225 e. The van der Waals surface area contributed by atoms with E-state index in [4.69, 9.17) is 0 Å². The molecule has 0 spiro atoms. The molecule has 0 saturated carbocycles. The van der Waals surface area contributed by atoms with Crippen LogP contribution < -0.4 is 4.90 Å². The Morgan fingerprint density at radius 2 is 1.70 bits per heavy atom. The van der Waals surface area contributed by atoms with E-state index in [-0.39, 0.29) is 0 Å². The molecule has 0 radical (unpaired) electrons. The first kappa shape index (κ1) is 18.7. The monoisotopic (exact) mass is 371 g/mol. The van der Waals surface area contributed by atoms with Gasteiger partial charge in [-0.3, -0.25) is 9.69 Å². The zero-order valence-electron chi connectivity index (χ0n) is 16.5. The Labute approximate surface area is 162 Å². The van der Waals surface area contributed by atoms with Crippen molar-refractivity contribution < 1.29 is 4.79 Å². The van der Waals surface area contributed by atoms with Gasteiger partial charge in [0.1, 0.15) is 0 Å². The van der Waals surface area contributed by atoms with Gasteiger partial charge >= 0.3 is 0 Å². The molecule has 0 aromatic carbocycles. The smallest absolute Gasteiger partial charge is 0.225 e. The Hall–Kier alpha value is -1.69. The number of piperidine rings is 2. The summed E-state index contributed by atoms with van der Waals surface area (Å²) in [5, 5.41) is 0. The molecule has 0 N–H and O–H groups in total. The molecule has 3 fully saturated rings. The molecule has 1 atom stereocenters. The predicted octanol–water partition coefficient (Wildman–Crippen LogP) is 2.83. The Morgan fingerprint density at radius 3 is 2.44 bits per heavy atom. The number of likely N-dealkylation sites (tertiary alicyclic amines) is 2. The molecule has 3 aliphatic heterocycles. The fourth-order valence-electron chi connectivity index (χ4n) is 4.76. The molecule has 4 heterocycles. The summed E-state index contributed by atoms with van der Waals surface area (Å²) >= 11 is 0. The van der Waals surface area contributed by atoms with E-state index < -0.39 is 0 Å². The molecule has 6 nitrogen and oxygen atoms in total. The summed E-state index contributed by atoms with van der Waals surface area (Å²) in [4.78, 5) is 28.1. The first-order chi connectivity index (χ1) is 13.3. The number of hydrogen-bond donors (Lipinski definition) is 0. The first-order valence-electron chi connectivity index (χ1n) is 10.9. The van der Waals surface area contributed by atoms with Crippen LogP contribution in [0, 0.1) is 0 Å². The number of carbonyl (C=O) groups excluding carboxylic acids is 1. The minimum absolute atomic E-state index is 0.346. The predicted molar refractivity (Wildman–Crippen MR) is 107 cm³/mol. The Balaban J connectivity index is 1.32. The summed E-state index contributed by atoms with van der Waals surface area (Å²) < 4.78 is 0. The molecule has 4 rings (SSSR count). The van der Waals surface area contributed by atoms with Gasteiger partial charge in [0.05, 0.1) is 0 Å². The van der Waals surface area contributed by atoms with Crippen LogP contribution in [0.3, 0.4) is 0 Å². The van der Waals surface area contributed by atoms with Crippen LogP contribution in [-0.4, -0.2) is 64.4 Å². The highest BCUT2D eigenvalue weighted by atomic mass is 16.2. The Bertz CT molecular complexity index is 614. The molecule has 0 unspecified atom stereocenters. The van der Waals surface area contributed by atoms with Crippen molar-refractivity contribution >= 4 is 11.9 Å². The summed E-state index contributed by atoms with van der Waals surface area (Å²) in [6.45, 7) is 6.12. The van der Waals surface area contributed by atoms with Crippen molar-refractivity contribution in [3.05, 3.63) is 18.0 Å². The van der Waals surface area contributed by atoms with Crippen molar-refractivity contribution in [3.8, 4) is 0 Å². The van der Waals surface area contributed by atoms with Gasteiger partial charge in [-0.1, -0.05) is 6.42 Å². The van der Waals surface area contributed by atoms with Crippen molar-refractivity contribution in [1.82, 2.24) is 19.8 Å². The molecular weight excluding hydrogens is 338 g/mol. The maximum absolute atomic E-state index is 11.9. The second-order valence-electron chi connectivity index (χ2n) is 8.33. The lowest BCUT2D eigenvalue weighted by atomic mass is 9.98. The zero-order valence-corrected chi connectivity index (χ0v) is 16.5. The van der Waals surface area contributed by atoms with E-state index in [1.54, 1.807) is 0 Å². The summed E-state index contributed by atoms with van der Waals surface area (Å²) in [6, 6.07) is 0.578. The van der Waals surface area contributed by atoms with Crippen molar-refractivity contribution in [2.45, 2.75) is 70.4 Å². The standard InChI is InChI=1S/C21H33N5O/c27-20-8-6-13-24(20)14-9-19-7-2-5-12-26(19)17-18-15-22-21(23-16-18)25-10-3-1-4-11-25/h15-16,19H,1-14,17H2/t19-/m1/s1. The van der Waals surface area contributed by atoms with Crippen LogP contribution >= 0.6 is 0 Å². The van der Waals surface area contributed by atoms with Gasteiger partial charge in [0.25, 0.3) is 0 Å². The molecule has 27 heavy (non-hydrogen) atoms. The fraction of sp³-hybridized carbons (Fsp3) is 0.762. The highest BCUT2D eigenvalue weighted by Gasteiger charge is 2.26. The van der Waals surface area contributed by atoms with Gasteiger partial charge in [-0.2, -0.15) is 0 Å². The highest BCUT2D eigenvalue weighted by Crippen LogP contribution is 2.23. The number of carbonyl (C=O) groups is 1. The lowest BCUT2D eigenvalue weighted by molar-refractivity contribution is -0.127. The number of hydrogen-bond acceptors (Lipinski definition) is 5. The molecule has 148 valence electrons. The second-order valence-corrected chi connectivity index (χ2v) is 8.33. The Morgan fingerprint density at radius 1 is 0.926 bits per heavy atom. The molecule has 0 bridgehead atoms. The molecule has 6 heteroatoms. The van der Waals surface area contributed by atoms with E-state index in [0.29, 0.717) is 11.9 Å². The van der Waals surface area contributed by atoms with Crippen molar-refractivity contribution in [2.24, 2.45) is 0 Å². The Kier molecular flexibility index (Phi) is 6.22. The van der Waals surface area contributed by atoms with Crippen LogP contribution in [0.1, 0.15) is 63.4 Å². The molecule has 1 amide bonds. The number of rotatable bonds is 6. The van der Waals surface area contributed by atoms with Crippen LogP contribution in [0.15, 0.2) is 12.4 Å². The molecule has 1 aromatic rings. The number of amides is 1. The lowest BCUT2D eigenvalue weighted by Gasteiger charge is -2.36. The van der Waals surface area contributed by atoms with E-state index in [2.05, 4.69) is 24.7 Å². The zero-order chi connectivity index (χ0) is 18.5. The van der Waals surface area contributed by atoms with E-state index in [9.17, 15) is 4.79 Å². The van der Waals surface area contributed by atoms with Gasteiger partial charge in [0.15, 0.2) is 0 Å². The summed E-state index contributed by atoms with van der Waals surface area (Å²) in [7, 11) is 0. The van der Waals surface area contributed by atoms with E-state index in [0.717, 1.165) is 64.5 Å². The van der Waals surface area contributed by atoms with Crippen LogP contribution in [-0.2, 0) is 11.3 Å². The number of anilines is 1. The van der Waals surface area contributed by atoms with Crippen molar-refractivity contribution in [1.29, 1.82) is 0 Å². The quantitative estimate of drug-likeness (QED) is 0.770. The van der Waals surface area contributed by atoms with Gasteiger partial charge in [-0.25, -0.2) is 9.97 Å². The van der Waals surface area contributed by atoms with Gasteiger partial charge in [0.2, 0.25) is 11.9 Å². The summed E-state index contributed by atoms with van der Waals surface area (Å²) in [6.07, 6.45) is 14.6. The molecular formula is C21H33N5O. The average Bonchev–Trinajstić information content (AvgIpc) is 3.13.